The van der Waals surface area contributed by atoms with Gasteiger partial charge in [-0.1, -0.05) is 12.1 Å². The Morgan fingerprint density at radius 1 is 1.36 bits per heavy atom. The average Bonchev–Trinajstić information content (AvgIpc) is 2.04. The van der Waals surface area contributed by atoms with Crippen LogP contribution in [0.2, 0.25) is 0 Å². The minimum absolute atomic E-state index is 0.344. The van der Waals surface area contributed by atoms with Crippen molar-refractivity contribution in [2.45, 2.75) is 0 Å². The van der Waals surface area contributed by atoms with Crippen LogP contribution in [0.3, 0.4) is 0 Å². The first-order valence-corrected chi connectivity index (χ1v) is 3.48. The molecule has 0 unspecified atom stereocenters. The van der Waals surface area contributed by atoms with Gasteiger partial charge in [0.1, 0.15) is 0 Å². The van der Waals surface area contributed by atoms with Gasteiger partial charge < -0.3 is 10.5 Å². The zero-order valence-electron chi connectivity index (χ0n) is 5.95. The van der Waals surface area contributed by atoms with E-state index in [1.54, 1.807) is 6.21 Å². The van der Waals surface area contributed by atoms with Crippen LogP contribution < -0.4 is 5.32 Å². The van der Waals surface area contributed by atoms with Crippen molar-refractivity contribution in [2.75, 3.05) is 12.0 Å². The fourth-order valence-electron chi connectivity index (χ4n) is 1.13. The molecule has 1 N–H and O–H groups in total. The first-order chi connectivity index (χ1) is 5.36. The molecule has 2 rings (SSSR count). The molecule has 0 aromatic heterocycles. The van der Waals surface area contributed by atoms with Crippen LogP contribution in [0.25, 0.3) is 0 Å². The van der Waals surface area contributed by atoms with Crippen molar-refractivity contribution in [1.29, 1.82) is 0 Å². The van der Waals surface area contributed by atoms with Gasteiger partial charge in [-0.25, -0.2) is 0 Å². The predicted molar refractivity (Wildman–Crippen MR) is 43.7 cm³/mol. The fourth-order valence-corrected chi connectivity index (χ4v) is 1.13. The fraction of sp³-hybridized carbons (Fsp3) is 0.125. The summed E-state index contributed by atoms with van der Waals surface area (Å²) in [7, 11) is 0. The summed E-state index contributed by atoms with van der Waals surface area (Å²) in [4.78, 5) is 0. The molecule has 1 aromatic carbocycles. The van der Waals surface area contributed by atoms with Crippen molar-refractivity contribution in [3.05, 3.63) is 35.0 Å². The summed E-state index contributed by atoms with van der Waals surface area (Å²) in [6.07, 6.45) is 1.59. The van der Waals surface area contributed by atoms with Crippen molar-refractivity contribution in [2.24, 2.45) is 0 Å². The molecular weight excluding hydrogens is 140 g/mol. The molecular formula is C8H8N2O. The van der Waals surface area contributed by atoms with Crippen LogP contribution in [0, 0.1) is 5.21 Å². The van der Waals surface area contributed by atoms with E-state index in [1.165, 1.54) is 0 Å². The van der Waals surface area contributed by atoms with Crippen LogP contribution in [0.1, 0.15) is 5.56 Å². The molecule has 0 aliphatic carbocycles. The minimum Gasteiger partial charge on any atom is -0.622 e. The lowest BCUT2D eigenvalue weighted by atomic mass is 10.2. The van der Waals surface area contributed by atoms with Gasteiger partial charge in [-0.15, -0.1) is 0 Å². The Kier molecular flexibility index (Phi) is 1.28. The van der Waals surface area contributed by atoms with Gasteiger partial charge in [0.25, 0.3) is 0 Å². The van der Waals surface area contributed by atoms with Gasteiger partial charge >= 0.3 is 0 Å². The van der Waals surface area contributed by atoms with Gasteiger partial charge in [-0.3, -0.25) is 0 Å². The maximum atomic E-state index is 10.8. The highest BCUT2D eigenvalue weighted by Crippen LogP contribution is 2.14. The second-order valence-corrected chi connectivity index (χ2v) is 2.47. The molecule has 11 heavy (non-hydrogen) atoms. The van der Waals surface area contributed by atoms with Crippen molar-refractivity contribution in [1.82, 2.24) is 0 Å². The number of hydroxylamine groups is 1. The molecule has 3 heteroatoms. The van der Waals surface area contributed by atoms with Crippen LogP contribution in [0.4, 0.5) is 5.69 Å². The molecule has 0 saturated carbocycles. The summed E-state index contributed by atoms with van der Waals surface area (Å²) in [5.74, 6) is 0. The van der Waals surface area contributed by atoms with E-state index in [1.807, 2.05) is 24.3 Å². The van der Waals surface area contributed by atoms with Gasteiger partial charge in [-0.2, -0.15) is 4.74 Å². The van der Waals surface area contributed by atoms with E-state index in [-0.39, 0.29) is 0 Å². The number of benzene rings is 1. The van der Waals surface area contributed by atoms with Gasteiger partial charge in [-0.05, 0) is 12.1 Å². The molecule has 0 amide bonds. The molecule has 0 fully saturated rings. The quantitative estimate of drug-likeness (QED) is 0.440. The SMILES string of the molecule is [O-][N+]1=Cc2ccccc2NC1. The summed E-state index contributed by atoms with van der Waals surface area (Å²) < 4.78 is 0.877. The molecule has 0 spiro atoms. The van der Waals surface area contributed by atoms with E-state index in [0.717, 1.165) is 16.0 Å². The zero-order valence-corrected chi connectivity index (χ0v) is 5.95. The summed E-state index contributed by atoms with van der Waals surface area (Å²) >= 11 is 0. The molecule has 1 aliphatic heterocycles. The van der Waals surface area contributed by atoms with Crippen molar-refractivity contribution >= 4 is 11.9 Å². The smallest absolute Gasteiger partial charge is 0.226 e. The Bertz CT molecular complexity index is 307. The van der Waals surface area contributed by atoms with Crippen molar-refractivity contribution < 1.29 is 4.74 Å². The standard InChI is InChI=1S/C8H8N2O/c11-10-5-7-3-1-2-4-8(7)9-6-10/h1-5,9H,6H2. The van der Waals surface area contributed by atoms with E-state index in [0.29, 0.717) is 6.67 Å². The van der Waals surface area contributed by atoms with E-state index in [9.17, 15) is 5.21 Å². The number of hydrogen-bond donors (Lipinski definition) is 1. The molecule has 3 nitrogen and oxygen atoms in total. The van der Waals surface area contributed by atoms with Crippen LogP contribution in [-0.4, -0.2) is 17.6 Å². The molecule has 1 aromatic rings. The summed E-state index contributed by atoms with van der Waals surface area (Å²) in [6.45, 7) is 0.344. The maximum absolute atomic E-state index is 10.8. The summed E-state index contributed by atoms with van der Waals surface area (Å²) in [6, 6.07) is 7.72. The molecule has 1 heterocycles. The van der Waals surface area contributed by atoms with E-state index < -0.39 is 0 Å². The predicted octanol–water partition coefficient (Wildman–Crippen LogP) is 0.999. The Hall–Kier alpha value is -1.51. The number of para-hydroxylation sites is 1. The third kappa shape index (κ3) is 1.05. The molecule has 0 radical (unpaired) electrons. The highest BCUT2D eigenvalue weighted by Gasteiger charge is 2.07. The molecule has 0 saturated heterocycles. The number of anilines is 1. The number of rotatable bonds is 0. The monoisotopic (exact) mass is 148 g/mol. The Labute approximate surface area is 64.6 Å². The van der Waals surface area contributed by atoms with E-state index >= 15 is 0 Å². The highest BCUT2D eigenvalue weighted by atomic mass is 16.5. The van der Waals surface area contributed by atoms with Gasteiger partial charge in [0.2, 0.25) is 6.67 Å². The number of nitrogens with one attached hydrogen (secondary N) is 1. The van der Waals surface area contributed by atoms with Crippen LogP contribution in [0.15, 0.2) is 24.3 Å². The second kappa shape index (κ2) is 2.27. The first kappa shape index (κ1) is 6.22. The topological polar surface area (TPSA) is 38.1 Å². The zero-order chi connectivity index (χ0) is 7.68. The highest BCUT2D eigenvalue weighted by molar-refractivity contribution is 5.85. The number of nitrogens with zero attached hydrogens (tertiary/aromatic N) is 1. The second-order valence-electron chi connectivity index (χ2n) is 2.47. The maximum Gasteiger partial charge on any atom is 0.226 e. The Morgan fingerprint density at radius 2 is 2.18 bits per heavy atom. The van der Waals surface area contributed by atoms with Gasteiger partial charge in [0.15, 0.2) is 6.21 Å². The third-order valence-electron chi connectivity index (χ3n) is 1.67. The lowest BCUT2D eigenvalue weighted by Crippen LogP contribution is -2.21. The largest absolute Gasteiger partial charge is 0.622 e. The number of hydrogen-bond acceptors (Lipinski definition) is 2. The lowest BCUT2D eigenvalue weighted by molar-refractivity contribution is -0.446. The van der Waals surface area contributed by atoms with Crippen LogP contribution in [0.5, 0.6) is 0 Å². The van der Waals surface area contributed by atoms with Crippen LogP contribution >= 0.6 is 0 Å². The van der Waals surface area contributed by atoms with Gasteiger partial charge in [0.05, 0.1) is 11.3 Å². The summed E-state index contributed by atoms with van der Waals surface area (Å²) in [5.41, 5.74) is 1.98. The minimum atomic E-state index is 0.344. The lowest BCUT2D eigenvalue weighted by Gasteiger charge is -2.13. The van der Waals surface area contributed by atoms with Crippen molar-refractivity contribution in [3.8, 4) is 0 Å². The normalized spacial score (nSPS) is 14.7. The Morgan fingerprint density at radius 3 is 3.09 bits per heavy atom. The van der Waals surface area contributed by atoms with Crippen LogP contribution in [-0.2, 0) is 0 Å². The molecule has 56 valence electrons. The molecule has 0 bridgehead atoms. The third-order valence-corrected chi connectivity index (χ3v) is 1.67. The molecule has 1 aliphatic rings. The first-order valence-electron chi connectivity index (χ1n) is 3.48. The Balaban J connectivity index is 2.51. The molecule has 0 atom stereocenters. The number of fused-ring (bicyclic) bond motifs is 1. The van der Waals surface area contributed by atoms with Crippen molar-refractivity contribution in [3.63, 3.8) is 0 Å². The van der Waals surface area contributed by atoms with E-state index in [4.69, 9.17) is 0 Å². The van der Waals surface area contributed by atoms with Gasteiger partial charge in [0, 0.05) is 0 Å². The summed E-state index contributed by atoms with van der Waals surface area (Å²) in [5, 5.41) is 13.8. The average molecular weight is 148 g/mol. The van der Waals surface area contributed by atoms with E-state index in [2.05, 4.69) is 5.32 Å².